The lowest BCUT2D eigenvalue weighted by Crippen LogP contribution is -2.41. The van der Waals surface area contributed by atoms with Gasteiger partial charge in [-0.2, -0.15) is 0 Å². The first kappa shape index (κ1) is 21.3. The number of aryl methyl sites for hydroxylation is 1. The van der Waals surface area contributed by atoms with Crippen LogP contribution >= 0.6 is 0 Å². The first-order valence-electron chi connectivity index (χ1n) is 10.4. The van der Waals surface area contributed by atoms with Crippen molar-refractivity contribution in [1.29, 1.82) is 0 Å². The minimum absolute atomic E-state index is 0.0179. The molecule has 1 heterocycles. The number of amides is 1. The Morgan fingerprint density at radius 1 is 1.21 bits per heavy atom. The quantitative estimate of drug-likeness (QED) is 0.740. The predicted molar refractivity (Wildman–Crippen MR) is 113 cm³/mol. The van der Waals surface area contributed by atoms with Crippen LogP contribution in [0, 0.1) is 18.7 Å². The highest BCUT2D eigenvalue weighted by molar-refractivity contribution is 5.79. The lowest BCUT2D eigenvalue weighted by Gasteiger charge is -2.32. The maximum atomic E-state index is 13.1. The third kappa shape index (κ3) is 5.57. The van der Waals surface area contributed by atoms with Crippen LogP contribution in [0.2, 0.25) is 0 Å². The Morgan fingerprint density at radius 2 is 1.90 bits per heavy atom. The second kappa shape index (κ2) is 9.88. The molecule has 2 aromatic rings. The molecule has 0 bridgehead atoms. The number of likely N-dealkylation sites (tertiary alicyclic amines) is 1. The van der Waals surface area contributed by atoms with Crippen molar-refractivity contribution in [2.24, 2.45) is 5.92 Å². The summed E-state index contributed by atoms with van der Waals surface area (Å²) in [5.74, 6) is 0.852. The van der Waals surface area contributed by atoms with Gasteiger partial charge in [0.15, 0.2) is 0 Å². The number of piperidine rings is 1. The van der Waals surface area contributed by atoms with Gasteiger partial charge in [0.25, 0.3) is 0 Å². The van der Waals surface area contributed by atoms with E-state index in [9.17, 15) is 9.18 Å². The van der Waals surface area contributed by atoms with Gasteiger partial charge in [-0.3, -0.25) is 9.69 Å². The number of nitrogens with one attached hydrogen (secondary N) is 1. The lowest BCUT2D eigenvalue weighted by atomic mass is 9.94. The van der Waals surface area contributed by atoms with Crippen molar-refractivity contribution in [2.45, 2.75) is 45.7 Å². The Bertz CT molecular complexity index is 814. The number of ether oxygens (including phenoxy) is 1. The Kier molecular flexibility index (Phi) is 7.26. The van der Waals surface area contributed by atoms with Crippen molar-refractivity contribution in [3.05, 3.63) is 65.0 Å². The van der Waals surface area contributed by atoms with Crippen LogP contribution in [-0.2, 0) is 11.3 Å². The van der Waals surface area contributed by atoms with Crippen LogP contribution in [0.25, 0.3) is 0 Å². The van der Waals surface area contributed by atoms with Gasteiger partial charge in [0.05, 0.1) is 13.2 Å². The van der Waals surface area contributed by atoms with Gasteiger partial charge in [0.1, 0.15) is 11.6 Å². The number of benzene rings is 2. The van der Waals surface area contributed by atoms with Crippen LogP contribution in [0.4, 0.5) is 4.39 Å². The van der Waals surface area contributed by atoms with Crippen LogP contribution in [-0.4, -0.2) is 31.0 Å². The van der Waals surface area contributed by atoms with Crippen molar-refractivity contribution in [2.75, 3.05) is 20.2 Å². The fourth-order valence-electron chi connectivity index (χ4n) is 4.03. The van der Waals surface area contributed by atoms with Crippen LogP contribution in [0.5, 0.6) is 5.75 Å². The summed E-state index contributed by atoms with van der Waals surface area (Å²) < 4.78 is 18.4. The number of halogens is 1. The highest BCUT2D eigenvalue weighted by Gasteiger charge is 2.26. The van der Waals surface area contributed by atoms with E-state index in [0.717, 1.165) is 61.3 Å². The van der Waals surface area contributed by atoms with Crippen molar-refractivity contribution < 1.29 is 13.9 Å². The standard InChI is InChI=1S/C24H31FN2O2/c1-4-22(20-7-10-23(29-3)17(2)15-20)26-24(28)19-11-13-27(14-12-19)16-18-5-8-21(25)9-6-18/h5-10,15,19,22H,4,11-14,16H2,1-3H3,(H,26,28). The summed E-state index contributed by atoms with van der Waals surface area (Å²) in [6, 6.07) is 12.8. The van der Waals surface area contributed by atoms with E-state index in [1.165, 1.54) is 12.1 Å². The van der Waals surface area contributed by atoms with Gasteiger partial charge in [-0.1, -0.05) is 31.2 Å². The molecule has 0 spiro atoms. The topological polar surface area (TPSA) is 41.6 Å². The molecular weight excluding hydrogens is 367 g/mol. The van der Waals surface area contributed by atoms with Crippen LogP contribution < -0.4 is 10.1 Å². The Morgan fingerprint density at radius 3 is 2.48 bits per heavy atom. The van der Waals surface area contributed by atoms with Crippen LogP contribution in [0.15, 0.2) is 42.5 Å². The first-order chi connectivity index (χ1) is 14.0. The smallest absolute Gasteiger partial charge is 0.223 e. The number of nitrogens with zero attached hydrogens (tertiary/aromatic N) is 1. The van der Waals surface area contributed by atoms with Crippen LogP contribution in [0.1, 0.15) is 48.9 Å². The van der Waals surface area contributed by atoms with E-state index in [1.54, 1.807) is 7.11 Å². The van der Waals surface area contributed by atoms with Gasteiger partial charge in [-0.25, -0.2) is 4.39 Å². The monoisotopic (exact) mass is 398 g/mol. The largest absolute Gasteiger partial charge is 0.496 e. The Hall–Kier alpha value is -2.40. The lowest BCUT2D eigenvalue weighted by molar-refractivity contribution is -0.127. The normalized spacial score (nSPS) is 16.4. The zero-order valence-corrected chi connectivity index (χ0v) is 17.6. The molecule has 1 aliphatic heterocycles. The number of methoxy groups -OCH3 is 1. The molecule has 1 unspecified atom stereocenters. The van der Waals surface area contributed by atoms with E-state index in [0.29, 0.717) is 0 Å². The van der Waals surface area contributed by atoms with E-state index in [2.05, 4.69) is 23.2 Å². The molecule has 3 rings (SSSR count). The second-order valence-electron chi connectivity index (χ2n) is 7.88. The van der Waals surface area contributed by atoms with Crippen molar-refractivity contribution in [3.8, 4) is 5.75 Å². The Labute approximate surface area is 173 Å². The maximum absolute atomic E-state index is 13.1. The van der Waals surface area contributed by atoms with Crippen molar-refractivity contribution in [3.63, 3.8) is 0 Å². The first-order valence-corrected chi connectivity index (χ1v) is 10.4. The zero-order chi connectivity index (χ0) is 20.8. The number of rotatable bonds is 7. The molecule has 0 saturated carbocycles. The number of hydrogen-bond donors (Lipinski definition) is 1. The fourth-order valence-corrected chi connectivity index (χ4v) is 4.03. The van der Waals surface area contributed by atoms with Crippen molar-refractivity contribution >= 4 is 5.91 Å². The third-order valence-corrected chi connectivity index (χ3v) is 5.82. The third-order valence-electron chi connectivity index (χ3n) is 5.82. The molecule has 0 radical (unpaired) electrons. The molecular formula is C24H31FN2O2. The SMILES string of the molecule is CCC(NC(=O)C1CCN(Cc2ccc(F)cc2)CC1)c1ccc(OC)c(C)c1. The molecule has 5 heteroatoms. The number of carbonyl (C=O) groups excluding carboxylic acids is 1. The van der Waals surface area contributed by atoms with E-state index >= 15 is 0 Å². The van der Waals surface area contributed by atoms with Gasteiger partial charge < -0.3 is 10.1 Å². The molecule has 1 aliphatic rings. The minimum Gasteiger partial charge on any atom is -0.496 e. The molecule has 29 heavy (non-hydrogen) atoms. The number of carbonyl (C=O) groups is 1. The van der Waals surface area contributed by atoms with Crippen LogP contribution in [0.3, 0.4) is 0 Å². The summed E-state index contributed by atoms with van der Waals surface area (Å²) in [5, 5.41) is 3.25. The summed E-state index contributed by atoms with van der Waals surface area (Å²) in [6.07, 6.45) is 2.55. The fraction of sp³-hybridized carbons (Fsp3) is 0.458. The summed E-state index contributed by atoms with van der Waals surface area (Å²) in [5.41, 5.74) is 3.30. The maximum Gasteiger partial charge on any atom is 0.223 e. The predicted octanol–water partition coefficient (Wildman–Crippen LogP) is 4.62. The van der Waals surface area contributed by atoms with Gasteiger partial charge in [0, 0.05) is 12.5 Å². The van der Waals surface area contributed by atoms with E-state index in [-0.39, 0.29) is 23.7 Å². The summed E-state index contributed by atoms with van der Waals surface area (Å²) in [4.78, 5) is 15.2. The highest BCUT2D eigenvalue weighted by Crippen LogP contribution is 2.26. The van der Waals surface area contributed by atoms with Gasteiger partial charge >= 0.3 is 0 Å². The molecule has 0 aromatic heterocycles. The average molecular weight is 399 g/mol. The van der Waals surface area contributed by atoms with E-state index in [1.807, 2.05) is 31.2 Å². The molecule has 1 fully saturated rings. The minimum atomic E-state index is -0.207. The molecule has 1 atom stereocenters. The average Bonchev–Trinajstić information content (AvgIpc) is 2.74. The summed E-state index contributed by atoms with van der Waals surface area (Å²) in [6.45, 7) is 6.68. The molecule has 156 valence electrons. The van der Waals surface area contributed by atoms with E-state index < -0.39 is 0 Å². The van der Waals surface area contributed by atoms with Gasteiger partial charge in [0.2, 0.25) is 5.91 Å². The molecule has 2 aromatic carbocycles. The summed E-state index contributed by atoms with van der Waals surface area (Å²) >= 11 is 0. The highest BCUT2D eigenvalue weighted by atomic mass is 19.1. The van der Waals surface area contributed by atoms with Gasteiger partial charge in [-0.15, -0.1) is 0 Å². The molecule has 1 saturated heterocycles. The molecule has 1 amide bonds. The number of hydrogen-bond acceptors (Lipinski definition) is 3. The molecule has 0 aliphatic carbocycles. The molecule has 4 nitrogen and oxygen atoms in total. The van der Waals surface area contributed by atoms with Gasteiger partial charge in [-0.05, 0) is 74.2 Å². The van der Waals surface area contributed by atoms with E-state index in [4.69, 9.17) is 4.74 Å². The zero-order valence-electron chi connectivity index (χ0n) is 17.6. The second-order valence-corrected chi connectivity index (χ2v) is 7.88. The summed E-state index contributed by atoms with van der Waals surface area (Å²) in [7, 11) is 1.67. The Balaban J connectivity index is 1.53. The van der Waals surface area contributed by atoms with Crippen molar-refractivity contribution in [1.82, 2.24) is 10.2 Å². The molecule has 1 N–H and O–H groups in total.